The molecule has 0 bridgehead atoms. The van der Waals surface area contributed by atoms with Gasteiger partial charge >= 0.3 is 27.1 Å². The second-order valence-corrected chi connectivity index (χ2v) is 21.5. The second kappa shape index (κ2) is 28.7. The lowest BCUT2D eigenvalue weighted by molar-refractivity contribution is -0.154. The van der Waals surface area contributed by atoms with Crippen LogP contribution in [0.2, 0.25) is 0 Å². The minimum Gasteiger partial charge on any atom is -0.508 e. The number of anilines is 2. The van der Waals surface area contributed by atoms with Gasteiger partial charge in [0.25, 0.3) is 0 Å². The van der Waals surface area contributed by atoms with Gasteiger partial charge in [0.2, 0.25) is 0 Å². The lowest BCUT2D eigenvalue weighted by Crippen LogP contribution is -2.48. The first-order valence-corrected chi connectivity index (χ1v) is 26.1. The van der Waals surface area contributed by atoms with Crippen molar-refractivity contribution in [2.45, 2.75) is 118 Å². The van der Waals surface area contributed by atoms with E-state index in [0.29, 0.717) is 46.7 Å². The third-order valence-corrected chi connectivity index (χ3v) is 11.5. The van der Waals surface area contributed by atoms with Crippen molar-refractivity contribution < 1.29 is 57.1 Å². The number of nitriles is 1. The molecule has 0 aliphatic heterocycles. The Morgan fingerprint density at radius 1 is 0.787 bits per heavy atom. The molecule has 2 aromatic carbocycles. The number of halogens is 1. The molecule has 6 aromatic rings. The third kappa shape index (κ3) is 21.9. The highest BCUT2D eigenvalue weighted by Gasteiger charge is 2.40. The summed E-state index contributed by atoms with van der Waals surface area (Å²) in [6.07, 6.45) is 3.52. The smallest absolute Gasteiger partial charge is 0.350 e. The number of benzene rings is 2. The molecule has 10 N–H and O–H groups in total. The number of nitrogens with one attached hydrogen (secondary N) is 1. The zero-order chi connectivity index (χ0) is 55.6. The maximum Gasteiger partial charge on any atom is 0.350 e. The lowest BCUT2D eigenvalue weighted by atomic mass is 10.1. The average molecular weight is 1100 g/mol. The number of phenolic OH excluding ortho intramolecular Hbond substituents is 1. The van der Waals surface area contributed by atoms with Gasteiger partial charge in [0.15, 0.2) is 28.6 Å². The normalized spacial score (nSPS) is 12.9. The molecule has 0 amide bonds. The zero-order valence-corrected chi connectivity index (χ0v) is 45.7. The number of phenols is 1. The molecule has 4 aromatic heterocycles. The van der Waals surface area contributed by atoms with Crippen molar-refractivity contribution >= 4 is 79.1 Å². The summed E-state index contributed by atoms with van der Waals surface area (Å²) in [5.74, 6) is -0.0569. The number of esters is 2. The standard InChI is InChI=1S/C23H30N7O5P.C9H14N5O4P.C7H15NO2.C7H5NO.ClH/c1-15(2)34-22(31)23(4,5)29-36(32,35-18-9-7-8-17(10-18)25-6)14-33-16(3)11-30-13-28-19-20(24)26-12-27-21(19)30;1-6(18-5-19(15,16)17)2-14-4-13-7-8(10)11-3-12-9(7)14;1-5(2)10-6(9)7(3,4)8;8-5-6-2-1-3-7(9)4-6;/h7-10,12-13,15-16H,11,14H2,1-5H3,(H,29,32)(H2,24,26,27);3-4,6H,2,5H2,1H3,(H2,10,11,12)(H2,15,16,17);5H,8H2,1-4H3;1-4,9H;1H/t16-,36?;6-;;;/m11.../s1. The number of aromatic hydroxyl groups is 1. The van der Waals surface area contributed by atoms with Gasteiger partial charge in [-0.3, -0.25) is 18.7 Å². The van der Waals surface area contributed by atoms with Crippen LogP contribution in [0.5, 0.6) is 11.5 Å². The van der Waals surface area contributed by atoms with E-state index in [1.165, 1.54) is 37.2 Å². The largest absolute Gasteiger partial charge is 0.508 e. The number of aromatic nitrogens is 8. The Morgan fingerprint density at radius 3 is 1.71 bits per heavy atom. The molecular weight excluding hydrogens is 1040 g/mol. The van der Waals surface area contributed by atoms with Crippen molar-refractivity contribution in [3.05, 3.63) is 90.8 Å². The average Bonchev–Trinajstić information content (AvgIpc) is 3.92. The number of rotatable bonds is 18. The Labute approximate surface area is 440 Å². The van der Waals surface area contributed by atoms with Crippen molar-refractivity contribution in [2.24, 2.45) is 5.73 Å². The van der Waals surface area contributed by atoms with Gasteiger partial charge in [-0.25, -0.2) is 39.8 Å². The van der Waals surface area contributed by atoms with Gasteiger partial charge < -0.3 is 64.7 Å². The second-order valence-electron chi connectivity index (χ2n) is 17.9. The summed E-state index contributed by atoms with van der Waals surface area (Å²) < 4.78 is 55.1. The maximum atomic E-state index is 14.0. The van der Waals surface area contributed by atoms with Crippen LogP contribution in [0, 0.1) is 17.9 Å². The SMILES string of the molecule is CC(C)OC(=O)C(C)(C)N.C[C@H](Cn1cnc2c(N)ncnc21)OCP(=O)(O)O.Cl.N#Cc1cccc(O)c1.[C-]#[N+]c1cccc(OP(=O)(CO[C@H](C)Cn2cnc3c(N)ncnc32)NC(C)(C)C(=O)OC(C)C)c1. The minimum atomic E-state index is -4.16. The number of hydrogen-bond acceptors (Lipinski definition) is 20. The summed E-state index contributed by atoms with van der Waals surface area (Å²) in [7, 11) is -7.99. The van der Waals surface area contributed by atoms with E-state index in [0.717, 1.165) is 0 Å². The van der Waals surface area contributed by atoms with E-state index in [2.05, 4.69) is 39.8 Å². The number of carbonyl (C=O) groups is 2. The Balaban J connectivity index is 0.000000407. The van der Waals surface area contributed by atoms with Crippen LogP contribution in [0.3, 0.4) is 0 Å². The van der Waals surface area contributed by atoms with Crippen LogP contribution in [0.15, 0.2) is 73.8 Å². The lowest BCUT2D eigenvalue weighted by Gasteiger charge is -2.31. The molecule has 0 aliphatic carbocycles. The van der Waals surface area contributed by atoms with Crippen LogP contribution in [-0.2, 0) is 50.8 Å². The molecule has 1 unspecified atom stereocenters. The minimum absolute atomic E-state index is 0. The van der Waals surface area contributed by atoms with Gasteiger partial charge in [-0.05, 0) is 99.6 Å². The molecule has 29 heteroatoms. The van der Waals surface area contributed by atoms with Crippen LogP contribution in [0.25, 0.3) is 27.2 Å². The fourth-order valence-electron chi connectivity index (χ4n) is 5.81. The molecule has 408 valence electrons. The summed E-state index contributed by atoms with van der Waals surface area (Å²) in [5.41, 5.74) is 17.6. The predicted molar refractivity (Wildman–Crippen MR) is 281 cm³/mol. The Hall–Kier alpha value is -6.83. The van der Waals surface area contributed by atoms with Gasteiger partial charge in [-0.2, -0.15) is 5.26 Å². The molecule has 3 atom stereocenters. The zero-order valence-electron chi connectivity index (χ0n) is 43.1. The summed E-state index contributed by atoms with van der Waals surface area (Å²) in [5, 5.41) is 19.9. The van der Waals surface area contributed by atoms with Gasteiger partial charge in [0.1, 0.15) is 59.0 Å². The molecule has 4 heterocycles. The first kappa shape index (κ1) is 64.3. The van der Waals surface area contributed by atoms with Crippen LogP contribution in [0.4, 0.5) is 17.3 Å². The van der Waals surface area contributed by atoms with Crippen molar-refractivity contribution in [1.29, 1.82) is 5.26 Å². The Kier molecular flexibility index (Phi) is 24.6. The molecule has 0 spiro atoms. The molecule has 26 nitrogen and oxygen atoms in total. The highest BCUT2D eigenvalue weighted by molar-refractivity contribution is 7.57. The van der Waals surface area contributed by atoms with Gasteiger partial charge in [-0.1, -0.05) is 18.2 Å². The predicted octanol–water partition coefficient (Wildman–Crippen LogP) is 6.22. The monoisotopic (exact) mass is 1100 g/mol. The van der Waals surface area contributed by atoms with E-state index < -0.39 is 50.7 Å². The number of ether oxygens (including phenoxy) is 4. The molecular formula is C46H65ClN14O12P2. The summed E-state index contributed by atoms with van der Waals surface area (Å²) in [6.45, 7) is 24.8. The number of carbonyl (C=O) groups excluding carboxylic acids is 2. The molecule has 75 heavy (non-hydrogen) atoms. The fraction of sp³-hybridized carbons (Fsp3) is 0.435. The maximum absolute atomic E-state index is 14.0. The van der Waals surface area contributed by atoms with E-state index in [-0.39, 0.29) is 60.1 Å². The Morgan fingerprint density at radius 2 is 1.28 bits per heavy atom. The Bertz CT molecular complexity index is 3000. The number of imidazole rings is 2. The van der Waals surface area contributed by atoms with E-state index in [1.54, 1.807) is 115 Å². The summed E-state index contributed by atoms with van der Waals surface area (Å²) >= 11 is 0. The van der Waals surface area contributed by atoms with Gasteiger partial charge in [0.05, 0.1) is 68.4 Å². The molecule has 0 saturated carbocycles. The first-order valence-electron chi connectivity index (χ1n) is 22.5. The quantitative estimate of drug-likeness (QED) is 0.0285. The first-order chi connectivity index (χ1) is 34.4. The van der Waals surface area contributed by atoms with E-state index >= 15 is 0 Å². The van der Waals surface area contributed by atoms with Crippen LogP contribution in [-0.4, -0.2) is 114 Å². The van der Waals surface area contributed by atoms with Crippen LogP contribution >= 0.6 is 27.5 Å². The number of nitrogens with two attached hydrogens (primary N) is 3. The number of nitrogens with zero attached hydrogens (tertiary/aromatic N) is 10. The number of hydrogen-bond donors (Lipinski definition) is 7. The van der Waals surface area contributed by atoms with Crippen molar-refractivity contribution in [3.8, 4) is 17.6 Å². The highest BCUT2D eigenvalue weighted by Crippen LogP contribution is 2.46. The highest BCUT2D eigenvalue weighted by atomic mass is 35.5. The number of nitrogen functional groups attached to an aromatic ring is 2. The summed E-state index contributed by atoms with van der Waals surface area (Å²) in [6, 6.07) is 14.4. The molecule has 0 saturated heterocycles. The fourth-order valence-corrected chi connectivity index (χ4v) is 8.27. The topological polar surface area (TPSA) is 381 Å². The van der Waals surface area contributed by atoms with Crippen LogP contribution < -0.4 is 26.8 Å². The van der Waals surface area contributed by atoms with Crippen molar-refractivity contribution in [2.75, 3.05) is 24.2 Å². The van der Waals surface area contributed by atoms with Crippen molar-refractivity contribution in [1.82, 2.24) is 44.1 Å². The van der Waals surface area contributed by atoms with Crippen LogP contribution in [0.1, 0.15) is 74.8 Å². The third-order valence-electron chi connectivity index (χ3n) is 9.17. The van der Waals surface area contributed by atoms with Crippen molar-refractivity contribution in [3.63, 3.8) is 0 Å². The molecule has 0 fully saturated rings. The molecule has 6 rings (SSSR count). The molecule has 0 aliphatic rings. The van der Waals surface area contributed by atoms with E-state index in [9.17, 15) is 18.7 Å². The summed E-state index contributed by atoms with van der Waals surface area (Å²) in [4.78, 5) is 68.7. The van der Waals surface area contributed by atoms with Gasteiger partial charge in [-0.15, -0.1) is 12.4 Å². The van der Waals surface area contributed by atoms with Gasteiger partial charge in [0, 0.05) is 0 Å². The van der Waals surface area contributed by atoms with E-state index in [1.807, 2.05) is 6.07 Å². The van der Waals surface area contributed by atoms with E-state index in [4.69, 9.17) is 67.4 Å². The number of fused-ring (bicyclic) bond motifs is 2. The molecule has 0 radical (unpaired) electrons.